The third-order valence-electron chi connectivity index (χ3n) is 1.46. The Kier molecular flexibility index (Phi) is 1.18. The molecule has 0 amide bonds. The monoisotopic (exact) mass is 152 g/mol. The minimum Gasteiger partial charge on any atom is -0.452 e. The number of furan rings is 1. The van der Waals surface area contributed by atoms with Gasteiger partial charge < -0.3 is 4.42 Å². The highest BCUT2D eigenvalue weighted by molar-refractivity contribution is 6.33. The second-order valence-corrected chi connectivity index (χ2v) is 2.44. The van der Waals surface area contributed by atoms with Gasteiger partial charge in [0, 0.05) is 10.8 Å². The molecular weight excluding hydrogens is 148 g/mol. The Hall–Kier alpha value is -0.950. The van der Waals surface area contributed by atoms with Crippen molar-refractivity contribution < 1.29 is 4.42 Å². The molecule has 0 unspecified atom stereocenters. The molecule has 0 fully saturated rings. The molecule has 10 heavy (non-hydrogen) atoms. The fourth-order valence-electron chi connectivity index (χ4n) is 0.957. The predicted molar refractivity (Wildman–Crippen MR) is 41.2 cm³/mol. The van der Waals surface area contributed by atoms with E-state index in [0.717, 1.165) is 10.8 Å². The standard InChI is InChI=1S/C8H5ClO/c9-8-7-4-2-1-3-6(7)5-10-8/h1-5H. The lowest BCUT2D eigenvalue weighted by atomic mass is 10.2. The largest absolute Gasteiger partial charge is 0.452 e. The molecule has 0 aliphatic heterocycles. The summed E-state index contributed by atoms with van der Waals surface area (Å²) in [6.45, 7) is 0. The van der Waals surface area contributed by atoms with Gasteiger partial charge in [-0.25, -0.2) is 0 Å². The molecule has 0 saturated heterocycles. The van der Waals surface area contributed by atoms with Gasteiger partial charge in [-0.2, -0.15) is 0 Å². The van der Waals surface area contributed by atoms with Crippen molar-refractivity contribution in [3.05, 3.63) is 35.7 Å². The summed E-state index contributed by atoms with van der Waals surface area (Å²) in [5, 5.41) is 2.49. The van der Waals surface area contributed by atoms with E-state index in [-0.39, 0.29) is 0 Å². The van der Waals surface area contributed by atoms with Crippen molar-refractivity contribution in [2.75, 3.05) is 0 Å². The van der Waals surface area contributed by atoms with E-state index in [1.807, 2.05) is 24.3 Å². The Morgan fingerprint density at radius 2 is 2.00 bits per heavy atom. The predicted octanol–water partition coefficient (Wildman–Crippen LogP) is 3.09. The molecule has 2 heteroatoms. The van der Waals surface area contributed by atoms with Crippen molar-refractivity contribution in [1.29, 1.82) is 0 Å². The molecule has 1 nitrogen and oxygen atoms in total. The molecule has 0 spiro atoms. The first-order valence-corrected chi connectivity index (χ1v) is 3.37. The molecule has 0 aliphatic rings. The highest BCUT2D eigenvalue weighted by Gasteiger charge is 1.99. The van der Waals surface area contributed by atoms with Gasteiger partial charge in [0.15, 0.2) is 0 Å². The van der Waals surface area contributed by atoms with Gasteiger partial charge >= 0.3 is 0 Å². The van der Waals surface area contributed by atoms with E-state index in [1.54, 1.807) is 6.26 Å². The first-order valence-electron chi connectivity index (χ1n) is 2.99. The van der Waals surface area contributed by atoms with Crippen LogP contribution in [-0.4, -0.2) is 0 Å². The zero-order valence-electron chi connectivity index (χ0n) is 5.17. The van der Waals surface area contributed by atoms with Crippen molar-refractivity contribution in [2.45, 2.75) is 0 Å². The first kappa shape index (κ1) is 5.81. The van der Waals surface area contributed by atoms with E-state index in [2.05, 4.69) is 0 Å². The zero-order chi connectivity index (χ0) is 6.97. The Labute approximate surface area is 63.2 Å². The summed E-state index contributed by atoms with van der Waals surface area (Å²) in [4.78, 5) is 0. The van der Waals surface area contributed by atoms with Crippen LogP contribution >= 0.6 is 11.6 Å². The lowest BCUT2D eigenvalue weighted by Crippen LogP contribution is -1.60. The minimum atomic E-state index is 0.468. The van der Waals surface area contributed by atoms with Crippen LogP contribution in [0.4, 0.5) is 0 Å². The van der Waals surface area contributed by atoms with E-state index >= 15 is 0 Å². The van der Waals surface area contributed by atoms with Crippen LogP contribution in [0.5, 0.6) is 0 Å². The Bertz CT molecular complexity index is 351. The van der Waals surface area contributed by atoms with Crippen molar-refractivity contribution >= 4 is 22.4 Å². The molecule has 50 valence electrons. The van der Waals surface area contributed by atoms with Crippen molar-refractivity contribution in [2.24, 2.45) is 0 Å². The van der Waals surface area contributed by atoms with Crippen LogP contribution in [0, 0.1) is 0 Å². The van der Waals surface area contributed by atoms with E-state index in [0.29, 0.717) is 5.22 Å². The van der Waals surface area contributed by atoms with Crippen molar-refractivity contribution in [3.8, 4) is 0 Å². The van der Waals surface area contributed by atoms with Crippen LogP contribution in [0.25, 0.3) is 10.8 Å². The molecule has 1 aromatic carbocycles. The van der Waals surface area contributed by atoms with Gasteiger partial charge in [0.2, 0.25) is 5.22 Å². The normalized spacial score (nSPS) is 10.5. The van der Waals surface area contributed by atoms with Crippen LogP contribution in [0.15, 0.2) is 34.9 Å². The summed E-state index contributed by atoms with van der Waals surface area (Å²) in [6, 6.07) is 7.78. The first-order chi connectivity index (χ1) is 4.88. The molecular formula is C8H5ClO. The second-order valence-electron chi connectivity index (χ2n) is 2.10. The quantitative estimate of drug-likeness (QED) is 0.566. The molecule has 0 saturated carbocycles. The van der Waals surface area contributed by atoms with Gasteiger partial charge in [0.1, 0.15) is 6.26 Å². The Morgan fingerprint density at radius 1 is 1.20 bits per heavy atom. The van der Waals surface area contributed by atoms with Gasteiger partial charge in [-0.1, -0.05) is 18.2 Å². The van der Waals surface area contributed by atoms with Crippen LogP contribution in [0.3, 0.4) is 0 Å². The fourth-order valence-corrected chi connectivity index (χ4v) is 1.17. The summed E-state index contributed by atoms with van der Waals surface area (Å²) in [5.74, 6) is 0. The maximum atomic E-state index is 5.71. The number of benzene rings is 1. The van der Waals surface area contributed by atoms with Crippen LogP contribution in [0.1, 0.15) is 0 Å². The lowest BCUT2D eigenvalue weighted by Gasteiger charge is -1.83. The lowest BCUT2D eigenvalue weighted by molar-refractivity contribution is 0.574. The third-order valence-corrected chi connectivity index (χ3v) is 1.75. The maximum Gasteiger partial charge on any atom is 0.200 e. The van der Waals surface area contributed by atoms with E-state index in [4.69, 9.17) is 16.0 Å². The van der Waals surface area contributed by atoms with E-state index in [1.165, 1.54) is 0 Å². The number of hydrogen-bond donors (Lipinski definition) is 0. The number of hydrogen-bond acceptors (Lipinski definition) is 1. The number of rotatable bonds is 0. The summed E-state index contributed by atoms with van der Waals surface area (Å²) >= 11 is 5.71. The van der Waals surface area contributed by atoms with Crippen molar-refractivity contribution in [3.63, 3.8) is 0 Å². The molecule has 0 aliphatic carbocycles. The zero-order valence-corrected chi connectivity index (χ0v) is 5.93. The molecule has 1 heterocycles. The number of halogens is 1. The molecule has 2 aromatic rings. The van der Waals surface area contributed by atoms with Gasteiger partial charge in [-0.05, 0) is 17.7 Å². The summed E-state index contributed by atoms with van der Waals surface area (Å²) in [6.07, 6.45) is 1.65. The van der Waals surface area contributed by atoms with Crippen molar-refractivity contribution in [1.82, 2.24) is 0 Å². The second kappa shape index (κ2) is 2.03. The molecule has 0 bridgehead atoms. The molecule has 2 rings (SSSR count). The van der Waals surface area contributed by atoms with Crippen LogP contribution in [0.2, 0.25) is 5.22 Å². The van der Waals surface area contributed by atoms with E-state index < -0.39 is 0 Å². The van der Waals surface area contributed by atoms with Crippen LogP contribution in [-0.2, 0) is 0 Å². The minimum absolute atomic E-state index is 0.468. The van der Waals surface area contributed by atoms with Gasteiger partial charge in [0.25, 0.3) is 0 Å². The topological polar surface area (TPSA) is 13.1 Å². The SMILES string of the molecule is Clc1occ2ccccc12. The Morgan fingerprint density at radius 3 is 2.80 bits per heavy atom. The third kappa shape index (κ3) is 0.711. The number of fused-ring (bicyclic) bond motifs is 1. The van der Waals surface area contributed by atoms with E-state index in [9.17, 15) is 0 Å². The molecule has 1 aromatic heterocycles. The Balaban J connectivity index is 2.93. The molecule has 0 radical (unpaired) electrons. The van der Waals surface area contributed by atoms with Gasteiger partial charge in [-0.15, -0.1) is 0 Å². The summed E-state index contributed by atoms with van der Waals surface area (Å²) in [5.41, 5.74) is 0. The summed E-state index contributed by atoms with van der Waals surface area (Å²) < 4.78 is 4.98. The average molecular weight is 153 g/mol. The van der Waals surface area contributed by atoms with Crippen LogP contribution < -0.4 is 0 Å². The molecule has 0 atom stereocenters. The summed E-state index contributed by atoms with van der Waals surface area (Å²) in [7, 11) is 0. The molecule has 0 N–H and O–H groups in total. The van der Waals surface area contributed by atoms with Gasteiger partial charge in [0.05, 0.1) is 0 Å². The fraction of sp³-hybridized carbons (Fsp3) is 0. The maximum absolute atomic E-state index is 5.71. The highest BCUT2D eigenvalue weighted by Crippen LogP contribution is 2.24. The highest BCUT2D eigenvalue weighted by atomic mass is 35.5. The van der Waals surface area contributed by atoms with Gasteiger partial charge in [-0.3, -0.25) is 0 Å². The average Bonchev–Trinajstić information content (AvgIpc) is 2.34. The smallest absolute Gasteiger partial charge is 0.200 e.